The zero-order valence-corrected chi connectivity index (χ0v) is 10.8. The van der Waals surface area contributed by atoms with E-state index in [0.717, 1.165) is 16.5 Å². The number of benzene rings is 2. The monoisotopic (exact) mass is 266 g/mol. The number of fused-ring (bicyclic) bond motifs is 1. The molecule has 0 bridgehead atoms. The Morgan fingerprint density at radius 2 is 1.95 bits per heavy atom. The number of para-hydroxylation sites is 2. The maximum atomic E-state index is 12.1. The number of H-pyrrole nitrogens is 1. The second-order valence-corrected chi connectivity index (χ2v) is 4.60. The van der Waals surface area contributed by atoms with Crippen LogP contribution in [-0.2, 0) is 11.2 Å². The molecule has 0 unspecified atom stereocenters. The smallest absolute Gasteiger partial charge is 0.228 e. The highest BCUT2D eigenvalue weighted by atomic mass is 16.3. The van der Waals surface area contributed by atoms with E-state index in [1.165, 1.54) is 0 Å². The summed E-state index contributed by atoms with van der Waals surface area (Å²) in [4.78, 5) is 15.2. The molecule has 100 valence electrons. The molecule has 3 aromatic rings. The minimum Gasteiger partial charge on any atom is -0.506 e. The number of hydrogen-bond acceptors (Lipinski definition) is 2. The van der Waals surface area contributed by atoms with E-state index in [-0.39, 0.29) is 18.1 Å². The first-order chi connectivity index (χ1) is 9.74. The van der Waals surface area contributed by atoms with Gasteiger partial charge in [0.25, 0.3) is 0 Å². The van der Waals surface area contributed by atoms with Crippen LogP contribution in [0.15, 0.2) is 54.7 Å². The fourth-order valence-electron chi connectivity index (χ4n) is 2.25. The third kappa shape index (κ3) is 2.36. The fraction of sp³-hybridized carbons (Fsp3) is 0.0625. The number of phenolic OH excluding ortho intramolecular Hbond substituents is 1. The average molecular weight is 266 g/mol. The van der Waals surface area contributed by atoms with Gasteiger partial charge in [0.1, 0.15) is 5.75 Å². The Morgan fingerprint density at radius 3 is 2.80 bits per heavy atom. The van der Waals surface area contributed by atoms with Gasteiger partial charge in [0, 0.05) is 17.1 Å². The van der Waals surface area contributed by atoms with Crippen molar-refractivity contribution >= 4 is 22.5 Å². The summed E-state index contributed by atoms with van der Waals surface area (Å²) in [5.41, 5.74) is 2.40. The number of carbonyl (C=O) groups excluding carboxylic acids is 1. The van der Waals surface area contributed by atoms with E-state index in [0.29, 0.717) is 5.69 Å². The van der Waals surface area contributed by atoms with Gasteiger partial charge in [-0.3, -0.25) is 4.79 Å². The van der Waals surface area contributed by atoms with Gasteiger partial charge in [0.2, 0.25) is 5.91 Å². The van der Waals surface area contributed by atoms with Crippen LogP contribution in [0.5, 0.6) is 5.75 Å². The maximum Gasteiger partial charge on any atom is 0.228 e. The standard InChI is InChI=1S/C16H14N2O2/c19-15-7-2-1-5-14(15)18-16(20)10-11-4-3-6-13-12(11)8-9-17-13/h1-9,17,19H,10H2,(H,18,20). The number of hydrogen-bond donors (Lipinski definition) is 3. The zero-order chi connectivity index (χ0) is 13.9. The molecule has 0 atom stereocenters. The van der Waals surface area contributed by atoms with Gasteiger partial charge in [0.15, 0.2) is 0 Å². The topological polar surface area (TPSA) is 65.1 Å². The number of rotatable bonds is 3. The number of nitrogens with one attached hydrogen (secondary N) is 2. The highest BCUT2D eigenvalue weighted by molar-refractivity contribution is 5.96. The van der Waals surface area contributed by atoms with E-state index in [2.05, 4.69) is 10.3 Å². The molecule has 0 spiro atoms. The lowest BCUT2D eigenvalue weighted by Gasteiger charge is -2.07. The lowest BCUT2D eigenvalue weighted by Crippen LogP contribution is -2.14. The van der Waals surface area contributed by atoms with E-state index < -0.39 is 0 Å². The van der Waals surface area contributed by atoms with Crippen molar-refractivity contribution in [2.75, 3.05) is 5.32 Å². The summed E-state index contributed by atoms with van der Waals surface area (Å²) < 4.78 is 0. The Labute approximate surface area is 116 Å². The summed E-state index contributed by atoms with van der Waals surface area (Å²) in [6.07, 6.45) is 2.12. The van der Waals surface area contributed by atoms with Crippen molar-refractivity contribution in [3.05, 3.63) is 60.3 Å². The number of carbonyl (C=O) groups is 1. The number of amides is 1. The molecule has 1 heterocycles. The number of anilines is 1. The normalized spacial score (nSPS) is 10.6. The minimum atomic E-state index is -0.153. The second-order valence-electron chi connectivity index (χ2n) is 4.60. The fourth-order valence-corrected chi connectivity index (χ4v) is 2.25. The van der Waals surface area contributed by atoms with Gasteiger partial charge >= 0.3 is 0 Å². The molecular weight excluding hydrogens is 252 g/mol. The number of aromatic hydroxyl groups is 1. The Kier molecular flexibility index (Phi) is 3.13. The van der Waals surface area contributed by atoms with Gasteiger partial charge in [-0.25, -0.2) is 0 Å². The lowest BCUT2D eigenvalue weighted by molar-refractivity contribution is -0.115. The van der Waals surface area contributed by atoms with Gasteiger partial charge < -0.3 is 15.4 Å². The van der Waals surface area contributed by atoms with E-state index >= 15 is 0 Å². The quantitative estimate of drug-likeness (QED) is 0.638. The first-order valence-electron chi connectivity index (χ1n) is 6.37. The van der Waals surface area contributed by atoms with E-state index in [9.17, 15) is 9.90 Å². The SMILES string of the molecule is O=C(Cc1cccc2[nH]ccc12)Nc1ccccc1O. The molecule has 4 nitrogen and oxygen atoms in total. The first-order valence-corrected chi connectivity index (χ1v) is 6.37. The Hall–Kier alpha value is -2.75. The van der Waals surface area contributed by atoms with Crippen LogP contribution in [0.4, 0.5) is 5.69 Å². The predicted octanol–water partition coefficient (Wildman–Crippen LogP) is 3.05. The summed E-state index contributed by atoms with van der Waals surface area (Å²) >= 11 is 0. The molecular formula is C16H14N2O2. The third-order valence-corrected chi connectivity index (χ3v) is 3.21. The molecule has 0 radical (unpaired) electrons. The molecule has 1 amide bonds. The van der Waals surface area contributed by atoms with Crippen molar-refractivity contribution in [2.24, 2.45) is 0 Å². The Balaban J connectivity index is 1.80. The predicted molar refractivity (Wildman–Crippen MR) is 78.7 cm³/mol. The summed E-state index contributed by atoms with van der Waals surface area (Å²) in [6.45, 7) is 0. The number of aromatic nitrogens is 1. The van der Waals surface area contributed by atoms with Crippen molar-refractivity contribution < 1.29 is 9.90 Å². The van der Waals surface area contributed by atoms with Crippen LogP contribution >= 0.6 is 0 Å². The second kappa shape index (κ2) is 5.09. The molecule has 0 aliphatic carbocycles. The Morgan fingerprint density at radius 1 is 1.10 bits per heavy atom. The summed E-state index contributed by atoms with van der Waals surface area (Å²) in [6, 6.07) is 14.5. The number of aromatic amines is 1. The van der Waals surface area contributed by atoms with Crippen LogP contribution in [0.25, 0.3) is 10.9 Å². The molecule has 4 heteroatoms. The van der Waals surface area contributed by atoms with Crippen LogP contribution in [0, 0.1) is 0 Å². The lowest BCUT2D eigenvalue weighted by atomic mass is 10.1. The van der Waals surface area contributed by atoms with Crippen molar-refractivity contribution in [3.8, 4) is 5.75 Å². The van der Waals surface area contributed by atoms with Crippen LogP contribution in [-0.4, -0.2) is 16.0 Å². The van der Waals surface area contributed by atoms with Crippen molar-refractivity contribution in [3.63, 3.8) is 0 Å². The molecule has 3 N–H and O–H groups in total. The third-order valence-electron chi connectivity index (χ3n) is 3.21. The molecule has 0 saturated heterocycles. The van der Waals surface area contributed by atoms with Gasteiger partial charge in [-0.15, -0.1) is 0 Å². The highest BCUT2D eigenvalue weighted by Gasteiger charge is 2.09. The van der Waals surface area contributed by atoms with Gasteiger partial charge in [-0.1, -0.05) is 24.3 Å². The molecule has 0 aliphatic rings. The van der Waals surface area contributed by atoms with Crippen LogP contribution in [0.2, 0.25) is 0 Å². The molecule has 0 saturated carbocycles. The minimum absolute atomic E-state index is 0.0701. The average Bonchev–Trinajstić information content (AvgIpc) is 2.91. The van der Waals surface area contributed by atoms with E-state index in [1.807, 2.05) is 30.5 Å². The van der Waals surface area contributed by atoms with Gasteiger partial charge in [-0.05, 0) is 29.8 Å². The van der Waals surface area contributed by atoms with Gasteiger partial charge in [-0.2, -0.15) is 0 Å². The molecule has 3 rings (SSSR count). The largest absolute Gasteiger partial charge is 0.506 e. The molecule has 2 aromatic carbocycles. The Bertz CT molecular complexity index is 762. The zero-order valence-electron chi connectivity index (χ0n) is 10.8. The molecule has 0 fully saturated rings. The van der Waals surface area contributed by atoms with E-state index in [4.69, 9.17) is 0 Å². The highest BCUT2D eigenvalue weighted by Crippen LogP contribution is 2.22. The first kappa shape index (κ1) is 12.3. The summed E-state index contributed by atoms with van der Waals surface area (Å²) in [5.74, 6) is -0.0825. The molecule has 20 heavy (non-hydrogen) atoms. The maximum absolute atomic E-state index is 12.1. The molecule has 1 aromatic heterocycles. The van der Waals surface area contributed by atoms with Crippen molar-refractivity contribution in [1.82, 2.24) is 4.98 Å². The van der Waals surface area contributed by atoms with E-state index in [1.54, 1.807) is 24.3 Å². The van der Waals surface area contributed by atoms with Crippen molar-refractivity contribution in [1.29, 1.82) is 0 Å². The van der Waals surface area contributed by atoms with Crippen LogP contribution in [0.1, 0.15) is 5.56 Å². The van der Waals surface area contributed by atoms with Gasteiger partial charge in [0.05, 0.1) is 12.1 Å². The number of phenols is 1. The molecule has 0 aliphatic heterocycles. The summed E-state index contributed by atoms with van der Waals surface area (Å²) in [7, 11) is 0. The summed E-state index contributed by atoms with van der Waals surface area (Å²) in [5, 5.41) is 13.4. The van der Waals surface area contributed by atoms with Crippen LogP contribution in [0.3, 0.4) is 0 Å². The van der Waals surface area contributed by atoms with Crippen molar-refractivity contribution in [2.45, 2.75) is 6.42 Å². The van der Waals surface area contributed by atoms with Crippen LogP contribution < -0.4 is 5.32 Å².